The van der Waals surface area contributed by atoms with Crippen LogP contribution in [0.5, 0.6) is 0 Å². The van der Waals surface area contributed by atoms with Crippen LogP contribution in [-0.4, -0.2) is 76.9 Å². The molecule has 0 atom stereocenters. The van der Waals surface area contributed by atoms with E-state index in [1.54, 1.807) is 4.90 Å². The summed E-state index contributed by atoms with van der Waals surface area (Å²) in [5.74, 6) is -0.160. The summed E-state index contributed by atoms with van der Waals surface area (Å²) in [6.07, 6.45) is 0.603. The van der Waals surface area contributed by atoms with E-state index in [4.69, 9.17) is 4.74 Å². The Morgan fingerprint density at radius 3 is 2.61 bits per heavy atom. The number of amides is 2. The minimum atomic E-state index is -0.466. The number of carbonyl (C=O) groups excluding carboxylic acids is 2. The molecule has 152 valence electrons. The molecular weight excluding hydrogens is 358 g/mol. The van der Waals surface area contributed by atoms with E-state index in [0.29, 0.717) is 25.3 Å². The zero-order valence-corrected chi connectivity index (χ0v) is 16.8. The van der Waals surface area contributed by atoms with E-state index in [1.165, 1.54) is 0 Å². The van der Waals surface area contributed by atoms with Crippen LogP contribution in [0.1, 0.15) is 37.7 Å². The molecule has 1 fully saturated rings. The van der Waals surface area contributed by atoms with Gasteiger partial charge in [0.25, 0.3) is 5.91 Å². The van der Waals surface area contributed by atoms with E-state index in [1.807, 2.05) is 45.0 Å². The lowest BCUT2D eigenvalue weighted by molar-refractivity contribution is 0.0144. The molecule has 1 aromatic carbocycles. The SMILES string of the molecule is CC(C)(C)OC(=O)N1CCN(CCCNC(=O)c2n[nH]c3ccccc23)CC1. The number of nitrogens with zero attached hydrogens (tertiary/aromatic N) is 3. The number of nitrogens with one attached hydrogen (secondary N) is 2. The zero-order valence-electron chi connectivity index (χ0n) is 16.8. The van der Waals surface area contributed by atoms with Gasteiger partial charge in [-0.3, -0.25) is 14.8 Å². The summed E-state index contributed by atoms with van der Waals surface area (Å²) in [5, 5.41) is 10.8. The van der Waals surface area contributed by atoms with Gasteiger partial charge in [0.05, 0.1) is 5.52 Å². The molecule has 2 heterocycles. The molecule has 1 aliphatic rings. The average molecular weight is 387 g/mol. The molecule has 0 unspecified atom stereocenters. The lowest BCUT2D eigenvalue weighted by atomic mass is 10.2. The van der Waals surface area contributed by atoms with Gasteiger partial charge in [0.2, 0.25) is 0 Å². The number of hydrogen-bond donors (Lipinski definition) is 2. The second-order valence-corrected chi connectivity index (χ2v) is 8.04. The first kappa shape index (κ1) is 20.1. The summed E-state index contributed by atoms with van der Waals surface area (Å²) in [6, 6.07) is 7.59. The second kappa shape index (κ2) is 8.60. The molecule has 1 saturated heterocycles. The molecule has 8 nitrogen and oxygen atoms in total. The van der Waals surface area contributed by atoms with E-state index < -0.39 is 5.60 Å². The molecule has 1 aromatic heterocycles. The van der Waals surface area contributed by atoms with Gasteiger partial charge in [-0.05, 0) is 39.8 Å². The predicted octanol–water partition coefficient (Wildman–Crippen LogP) is 2.24. The summed E-state index contributed by atoms with van der Waals surface area (Å²) < 4.78 is 5.42. The molecule has 2 N–H and O–H groups in total. The summed E-state index contributed by atoms with van der Waals surface area (Å²) in [6.45, 7) is 10.1. The van der Waals surface area contributed by atoms with E-state index in [9.17, 15) is 9.59 Å². The maximum Gasteiger partial charge on any atom is 0.410 e. The Bertz CT molecular complexity index is 819. The molecule has 28 heavy (non-hydrogen) atoms. The number of H-pyrrole nitrogens is 1. The van der Waals surface area contributed by atoms with Crippen molar-refractivity contribution in [2.24, 2.45) is 0 Å². The Balaban J connectivity index is 1.36. The fourth-order valence-corrected chi connectivity index (χ4v) is 3.21. The van der Waals surface area contributed by atoms with Crippen LogP contribution in [0.25, 0.3) is 10.9 Å². The molecule has 0 bridgehead atoms. The average Bonchev–Trinajstić information content (AvgIpc) is 3.08. The van der Waals surface area contributed by atoms with Crippen molar-refractivity contribution in [1.29, 1.82) is 0 Å². The fourth-order valence-electron chi connectivity index (χ4n) is 3.21. The topological polar surface area (TPSA) is 90.6 Å². The van der Waals surface area contributed by atoms with Gasteiger partial charge in [-0.15, -0.1) is 0 Å². The molecule has 1 aliphatic heterocycles. The van der Waals surface area contributed by atoms with E-state index >= 15 is 0 Å². The zero-order chi connectivity index (χ0) is 20.1. The van der Waals surface area contributed by atoms with Crippen molar-refractivity contribution in [1.82, 2.24) is 25.3 Å². The summed E-state index contributed by atoms with van der Waals surface area (Å²) in [5.41, 5.74) is 0.823. The van der Waals surface area contributed by atoms with Crippen molar-refractivity contribution < 1.29 is 14.3 Å². The Morgan fingerprint density at radius 2 is 1.89 bits per heavy atom. The van der Waals surface area contributed by atoms with Gasteiger partial charge in [-0.2, -0.15) is 5.10 Å². The van der Waals surface area contributed by atoms with Gasteiger partial charge < -0.3 is 15.0 Å². The molecule has 2 aromatic rings. The van der Waals surface area contributed by atoms with Crippen molar-refractivity contribution in [3.63, 3.8) is 0 Å². The van der Waals surface area contributed by atoms with Crippen LogP contribution in [0, 0.1) is 0 Å². The van der Waals surface area contributed by atoms with Crippen LogP contribution in [-0.2, 0) is 4.74 Å². The number of rotatable bonds is 5. The highest BCUT2D eigenvalue weighted by atomic mass is 16.6. The molecule has 0 spiro atoms. The van der Waals surface area contributed by atoms with Gasteiger partial charge in [0.1, 0.15) is 5.60 Å². The highest BCUT2D eigenvalue weighted by Crippen LogP contribution is 2.15. The first-order chi connectivity index (χ1) is 13.3. The van der Waals surface area contributed by atoms with Crippen LogP contribution in [0.2, 0.25) is 0 Å². The highest BCUT2D eigenvalue weighted by Gasteiger charge is 2.25. The fraction of sp³-hybridized carbons (Fsp3) is 0.550. The van der Waals surface area contributed by atoms with E-state index in [0.717, 1.165) is 37.0 Å². The Labute approximate surface area is 165 Å². The number of benzene rings is 1. The summed E-state index contributed by atoms with van der Waals surface area (Å²) in [4.78, 5) is 28.5. The van der Waals surface area contributed by atoms with Gasteiger partial charge in [0.15, 0.2) is 5.69 Å². The quantitative estimate of drug-likeness (QED) is 0.768. The summed E-state index contributed by atoms with van der Waals surface area (Å²) >= 11 is 0. The van der Waals surface area contributed by atoms with Crippen LogP contribution >= 0.6 is 0 Å². The van der Waals surface area contributed by atoms with Crippen molar-refractivity contribution in [3.05, 3.63) is 30.0 Å². The monoisotopic (exact) mass is 387 g/mol. The molecule has 2 amide bonds. The largest absolute Gasteiger partial charge is 0.444 e. The molecule has 0 aliphatic carbocycles. The molecule has 8 heteroatoms. The first-order valence-electron chi connectivity index (χ1n) is 9.75. The van der Waals surface area contributed by atoms with E-state index in [-0.39, 0.29) is 12.0 Å². The van der Waals surface area contributed by atoms with Gasteiger partial charge in [-0.25, -0.2) is 4.79 Å². The first-order valence-corrected chi connectivity index (χ1v) is 9.75. The number of ether oxygens (including phenoxy) is 1. The number of hydrogen-bond acceptors (Lipinski definition) is 5. The molecule has 3 rings (SSSR count). The maximum atomic E-state index is 12.3. The Kier molecular flexibility index (Phi) is 6.18. The number of fused-ring (bicyclic) bond motifs is 1. The predicted molar refractivity (Wildman–Crippen MR) is 107 cm³/mol. The van der Waals surface area contributed by atoms with Crippen molar-refractivity contribution in [2.45, 2.75) is 32.8 Å². The van der Waals surface area contributed by atoms with Crippen molar-refractivity contribution in [3.8, 4) is 0 Å². The third-order valence-electron chi connectivity index (χ3n) is 4.65. The molecule has 0 saturated carbocycles. The summed E-state index contributed by atoms with van der Waals surface area (Å²) in [7, 11) is 0. The normalized spacial score (nSPS) is 15.6. The number of aromatic amines is 1. The number of para-hydroxylation sites is 1. The number of carbonyl (C=O) groups is 2. The number of piperazine rings is 1. The maximum absolute atomic E-state index is 12.3. The third-order valence-corrected chi connectivity index (χ3v) is 4.65. The minimum Gasteiger partial charge on any atom is -0.444 e. The minimum absolute atomic E-state index is 0.160. The van der Waals surface area contributed by atoms with E-state index in [2.05, 4.69) is 20.4 Å². The molecular formula is C20H29N5O3. The second-order valence-electron chi connectivity index (χ2n) is 8.04. The van der Waals surface area contributed by atoms with Gasteiger partial charge in [0, 0.05) is 38.1 Å². The lowest BCUT2D eigenvalue weighted by Crippen LogP contribution is -2.50. The van der Waals surface area contributed by atoms with Crippen LogP contribution in [0.4, 0.5) is 4.79 Å². The molecule has 0 radical (unpaired) electrons. The Morgan fingerprint density at radius 1 is 1.18 bits per heavy atom. The van der Waals surface area contributed by atoms with Crippen LogP contribution in [0.3, 0.4) is 0 Å². The van der Waals surface area contributed by atoms with Crippen molar-refractivity contribution >= 4 is 22.9 Å². The van der Waals surface area contributed by atoms with Gasteiger partial charge in [-0.1, -0.05) is 18.2 Å². The van der Waals surface area contributed by atoms with Crippen molar-refractivity contribution in [2.75, 3.05) is 39.3 Å². The third kappa shape index (κ3) is 5.22. The van der Waals surface area contributed by atoms with Crippen LogP contribution in [0.15, 0.2) is 24.3 Å². The lowest BCUT2D eigenvalue weighted by Gasteiger charge is -2.35. The standard InChI is InChI=1S/C20H29N5O3/c1-20(2,3)28-19(27)25-13-11-24(12-14-25)10-6-9-21-18(26)17-15-7-4-5-8-16(15)22-23-17/h4-5,7-8H,6,9-14H2,1-3H3,(H,21,26)(H,22,23). The Hall–Kier alpha value is -2.61. The number of aromatic nitrogens is 2. The smallest absolute Gasteiger partial charge is 0.410 e. The van der Waals surface area contributed by atoms with Gasteiger partial charge >= 0.3 is 6.09 Å². The van der Waals surface area contributed by atoms with Crippen LogP contribution < -0.4 is 5.32 Å². The highest BCUT2D eigenvalue weighted by molar-refractivity contribution is 6.04.